The van der Waals surface area contributed by atoms with Gasteiger partial charge in [0.25, 0.3) is 0 Å². The minimum atomic E-state index is 0.611. The lowest BCUT2D eigenvalue weighted by molar-refractivity contribution is 0.618. The summed E-state index contributed by atoms with van der Waals surface area (Å²) < 4.78 is 0. The number of rotatable bonds is 4. The maximum absolute atomic E-state index is 5.61. The molecule has 0 atom stereocenters. The highest BCUT2D eigenvalue weighted by molar-refractivity contribution is 7.15. The van der Waals surface area contributed by atoms with Crippen molar-refractivity contribution in [1.29, 1.82) is 0 Å². The Bertz CT molecular complexity index is 305. The van der Waals surface area contributed by atoms with Crippen molar-refractivity contribution in [3.8, 4) is 0 Å². The fraction of sp³-hybridized carbons (Fsp3) is 0.727. The van der Waals surface area contributed by atoms with E-state index in [-0.39, 0.29) is 0 Å². The molecular formula is C11H19N3S. The van der Waals surface area contributed by atoms with Crippen molar-refractivity contribution in [3.05, 3.63) is 11.1 Å². The maximum atomic E-state index is 5.61. The first-order chi connectivity index (χ1) is 7.35. The maximum Gasteiger partial charge on any atom is 0.185 e. The summed E-state index contributed by atoms with van der Waals surface area (Å²) in [7, 11) is 0. The molecule has 1 fully saturated rings. The van der Waals surface area contributed by atoms with Gasteiger partial charge in [-0.1, -0.05) is 12.8 Å². The number of aromatic nitrogens is 1. The predicted octanol–water partition coefficient (Wildman–Crippen LogP) is 2.37. The van der Waals surface area contributed by atoms with E-state index < -0.39 is 0 Å². The number of hydrogen-bond donors (Lipinski definition) is 1. The van der Waals surface area contributed by atoms with Crippen LogP contribution in [0.15, 0.2) is 6.20 Å². The molecule has 15 heavy (non-hydrogen) atoms. The van der Waals surface area contributed by atoms with Gasteiger partial charge < -0.3 is 10.6 Å². The number of nitrogens with zero attached hydrogens (tertiary/aromatic N) is 2. The third-order valence-electron chi connectivity index (χ3n) is 3.09. The van der Waals surface area contributed by atoms with Gasteiger partial charge in [-0.3, -0.25) is 0 Å². The summed E-state index contributed by atoms with van der Waals surface area (Å²) in [5.74, 6) is 0. The van der Waals surface area contributed by atoms with Crippen molar-refractivity contribution in [2.24, 2.45) is 5.73 Å². The molecule has 0 unspecified atom stereocenters. The van der Waals surface area contributed by atoms with Gasteiger partial charge in [-0.15, -0.1) is 11.3 Å². The Morgan fingerprint density at radius 1 is 1.53 bits per heavy atom. The van der Waals surface area contributed by atoms with E-state index in [1.807, 2.05) is 6.20 Å². The Morgan fingerprint density at radius 3 is 2.80 bits per heavy atom. The van der Waals surface area contributed by atoms with Crippen molar-refractivity contribution in [1.82, 2.24) is 4.98 Å². The van der Waals surface area contributed by atoms with Crippen LogP contribution in [0.25, 0.3) is 0 Å². The highest BCUT2D eigenvalue weighted by Crippen LogP contribution is 2.30. The number of hydrogen-bond acceptors (Lipinski definition) is 4. The first-order valence-electron chi connectivity index (χ1n) is 5.76. The van der Waals surface area contributed by atoms with E-state index in [0.29, 0.717) is 12.6 Å². The summed E-state index contributed by atoms with van der Waals surface area (Å²) in [6.07, 6.45) is 7.31. The SMILES string of the molecule is CCN(c1ncc(CN)s1)C1CCCC1. The molecule has 1 saturated carbocycles. The molecule has 1 aromatic heterocycles. The number of nitrogens with two attached hydrogens (primary N) is 1. The Labute approximate surface area is 95.3 Å². The quantitative estimate of drug-likeness (QED) is 0.855. The first kappa shape index (κ1) is 10.9. The second kappa shape index (κ2) is 4.94. The van der Waals surface area contributed by atoms with Crippen LogP contribution in [-0.2, 0) is 6.54 Å². The minimum absolute atomic E-state index is 0.611. The molecule has 0 spiro atoms. The lowest BCUT2D eigenvalue weighted by Crippen LogP contribution is -2.32. The van der Waals surface area contributed by atoms with Crippen molar-refractivity contribution in [3.63, 3.8) is 0 Å². The van der Waals surface area contributed by atoms with Gasteiger partial charge in [-0.05, 0) is 19.8 Å². The van der Waals surface area contributed by atoms with Gasteiger partial charge in [0.15, 0.2) is 5.13 Å². The zero-order valence-corrected chi connectivity index (χ0v) is 10.1. The molecule has 4 heteroatoms. The monoisotopic (exact) mass is 225 g/mol. The molecule has 0 saturated heterocycles. The Hall–Kier alpha value is -0.610. The van der Waals surface area contributed by atoms with E-state index in [0.717, 1.165) is 11.7 Å². The lowest BCUT2D eigenvalue weighted by Gasteiger charge is -2.26. The first-order valence-corrected chi connectivity index (χ1v) is 6.58. The second-order valence-corrected chi connectivity index (χ2v) is 5.13. The van der Waals surface area contributed by atoms with Crippen molar-refractivity contribution < 1.29 is 0 Å². The van der Waals surface area contributed by atoms with Crippen LogP contribution < -0.4 is 10.6 Å². The van der Waals surface area contributed by atoms with Gasteiger partial charge in [0.1, 0.15) is 0 Å². The Balaban J connectivity index is 2.10. The van der Waals surface area contributed by atoms with E-state index in [1.54, 1.807) is 11.3 Å². The second-order valence-electron chi connectivity index (χ2n) is 4.04. The molecule has 0 radical (unpaired) electrons. The molecule has 2 rings (SSSR count). The van der Waals surface area contributed by atoms with Crippen LogP contribution in [0, 0.1) is 0 Å². The lowest BCUT2D eigenvalue weighted by atomic mass is 10.2. The zero-order chi connectivity index (χ0) is 10.7. The summed E-state index contributed by atoms with van der Waals surface area (Å²) in [5, 5.41) is 1.16. The van der Waals surface area contributed by atoms with E-state index in [4.69, 9.17) is 5.73 Å². The summed E-state index contributed by atoms with van der Waals surface area (Å²) in [6, 6.07) is 0.715. The smallest absolute Gasteiger partial charge is 0.185 e. The molecule has 0 aromatic carbocycles. The van der Waals surface area contributed by atoms with Crippen LogP contribution in [0.2, 0.25) is 0 Å². The summed E-state index contributed by atoms with van der Waals surface area (Å²) in [6.45, 7) is 3.88. The average molecular weight is 225 g/mol. The molecular weight excluding hydrogens is 206 g/mol. The van der Waals surface area contributed by atoms with Crippen LogP contribution in [0.3, 0.4) is 0 Å². The van der Waals surface area contributed by atoms with E-state index in [9.17, 15) is 0 Å². The fourth-order valence-corrected chi connectivity index (χ4v) is 3.21. The standard InChI is InChI=1S/C11H19N3S/c1-2-14(9-5-3-4-6-9)11-13-8-10(7-12)15-11/h8-9H,2-7,12H2,1H3. The highest BCUT2D eigenvalue weighted by Gasteiger charge is 2.23. The molecule has 1 heterocycles. The average Bonchev–Trinajstić information content (AvgIpc) is 2.89. The molecule has 3 nitrogen and oxygen atoms in total. The number of anilines is 1. The molecule has 84 valence electrons. The molecule has 0 aliphatic heterocycles. The molecule has 1 aliphatic carbocycles. The van der Waals surface area contributed by atoms with Crippen LogP contribution in [-0.4, -0.2) is 17.6 Å². The summed E-state index contributed by atoms with van der Waals surface area (Å²) >= 11 is 1.74. The van der Waals surface area contributed by atoms with Crippen molar-refractivity contribution >= 4 is 16.5 Å². The van der Waals surface area contributed by atoms with E-state index in [1.165, 1.54) is 30.6 Å². The molecule has 0 bridgehead atoms. The van der Waals surface area contributed by atoms with E-state index in [2.05, 4.69) is 16.8 Å². The Kier molecular flexibility index (Phi) is 3.59. The largest absolute Gasteiger partial charge is 0.345 e. The molecule has 1 aliphatic rings. The minimum Gasteiger partial charge on any atom is -0.345 e. The highest BCUT2D eigenvalue weighted by atomic mass is 32.1. The van der Waals surface area contributed by atoms with Crippen LogP contribution in [0.4, 0.5) is 5.13 Å². The van der Waals surface area contributed by atoms with Crippen molar-refractivity contribution in [2.45, 2.75) is 45.2 Å². The van der Waals surface area contributed by atoms with Crippen molar-refractivity contribution in [2.75, 3.05) is 11.4 Å². The molecule has 1 aromatic rings. The van der Waals surface area contributed by atoms with Crippen LogP contribution in [0.1, 0.15) is 37.5 Å². The predicted molar refractivity (Wildman–Crippen MR) is 65.3 cm³/mol. The molecule has 0 amide bonds. The van der Waals surface area contributed by atoms with Crippen LogP contribution >= 0.6 is 11.3 Å². The number of thiazole rings is 1. The summed E-state index contributed by atoms with van der Waals surface area (Å²) in [4.78, 5) is 8.09. The van der Waals surface area contributed by atoms with E-state index >= 15 is 0 Å². The normalized spacial score (nSPS) is 17.2. The van der Waals surface area contributed by atoms with Gasteiger partial charge in [-0.25, -0.2) is 4.98 Å². The van der Waals surface area contributed by atoms with Gasteiger partial charge in [0, 0.05) is 30.2 Å². The Morgan fingerprint density at radius 2 is 2.27 bits per heavy atom. The zero-order valence-electron chi connectivity index (χ0n) is 9.28. The summed E-state index contributed by atoms with van der Waals surface area (Å²) in [5.41, 5.74) is 5.61. The topological polar surface area (TPSA) is 42.2 Å². The third kappa shape index (κ3) is 2.32. The molecule has 2 N–H and O–H groups in total. The third-order valence-corrected chi connectivity index (χ3v) is 4.15. The van der Waals surface area contributed by atoms with Gasteiger partial charge in [-0.2, -0.15) is 0 Å². The van der Waals surface area contributed by atoms with Gasteiger partial charge in [0.05, 0.1) is 0 Å². The fourth-order valence-electron chi connectivity index (χ4n) is 2.29. The van der Waals surface area contributed by atoms with Crippen LogP contribution in [0.5, 0.6) is 0 Å². The van der Waals surface area contributed by atoms with Gasteiger partial charge in [0.2, 0.25) is 0 Å². The van der Waals surface area contributed by atoms with Gasteiger partial charge >= 0.3 is 0 Å².